The third-order valence-corrected chi connectivity index (χ3v) is 2.56. The maximum Gasteiger partial charge on any atom is 0.101 e. The summed E-state index contributed by atoms with van der Waals surface area (Å²) in [7, 11) is 0. The van der Waals surface area contributed by atoms with Crippen LogP contribution in [-0.2, 0) is 0 Å². The molecule has 1 aliphatic rings. The van der Waals surface area contributed by atoms with Crippen LogP contribution in [0.2, 0.25) is 0 Å². The monoisotopic (exact) mass is 204 g/mol. The van der Waals surface area contributed by atoms with Gasteiger partial charge in [0.25, 0.3) is 0 Å². The van der Waals surface area contributed by atoms with E-state index in [9.17, 15) is 4.39 Å². The van der Waals surface area contributed by atoms with E-state index >= 15 is 0 Å². The van der Waals surface area contributed by atoms with Gasteiger partial charge in [-0.1, -0.05) is 5.57 Å². The number of nitrogens with zero attached hydrogens (tertiary/aromatic N) is 1. The lowest BCUT2D eigenvalue weighted by Crippen LogP contribution is -1.97. The van der Waals surface area contributed by atoms with Gasteiger partial charge in [0.1, 0.15) is 5.83 Å². The van der Waals surface area contributed by atoms with E-state index in [2.05, 4.69) is 4.98 Å². The summed E-state index contributed by atoms with van der Waals surface area (Å²) in [6.45, 7) is 2.01. The Labute approximate surface area is 88.3 Å². The van der Waals surface area contributed by atoms with Crippen molar-refractivity contribution in [2.75, 3.05) is 5.73 Å². The second-order valence-electron chi connectivity index (χ2n) is 3.76. The fourth-order valence-corrected chi connectivity index (χ4v) is 1.65. The van der Waals surface area contributed by atoms with Crippen LogP contribution < -0.4 is 5.73 Å². The molecule has 2 rings (SSSR count). The molecule has 1 aromatic rings. The second-order valence-corrected chi connectivity index (χ2v) is 3.76. The highest BCUT2D eigenvalue weighted by Crippen LogP contribution is 2.30. The quantitative estimate of drug-likeness (QED) is 0.763. The molecule has 0 spiro atoms. The van der Waals surface area contributed by atoms with Gasteiger partial charge in [0, 0.05) is 12.0 Å². The topological polar surface area (TPSA) is 38.9 Å². The van der Waals surface area contributed by atoms with Gasteiger partial charge < -0.3 is 5.73 Å². The molecule has 0 saturated carbocycles. The molecule has 0 bridgehead atoms. The average Bonchev–Trinajstić information content (AvgIpc) is 2.23. The van der Waals surface area contributed by atoms with Crippen LogP contribution >= 0.6 is 0 Å². The number of anilines is 1. The molecule has 0 unspecified atom stereocenters. The summed E-state index contributed by atoms with van der Waals surface area (Å²) >= 11 is 0. The minimum absolute atomic E-state index is 0.0748. The van der Waals surface area contributed by atoms with Crippen LogP contribution in [0.1, 0.15) is 25.5 Å². The van der Waals surface area contributed by atoms with Gasteiger partial charge in [-0.3, -0.25) is 4.98 Å². The molecule has 1 aromatic heterocycles. The van der Waals surface area contributed by atoms with Crippen molar-refractivity contribution in [2.45, 2.75) is 19.8 Å². The standard InChI is InChI=1S/C12H13FN2/c1-8-2-3-9(13)6-11(8)12-5-4-10(14)7-15-12/h4-7H,2-3,14H2,1H3. The molecule has 0 radical (unpaired) electrons. The third-order valence-electron chi connectivity index (χ3n) is 2.56. The summed E-state index contributed by atoms with van der Waals surface area (Å²) in [5.41, 5.74) is 9.02. The van der Waals surface area contributed by atoms with E-state index in [1.807, 2.05) is 13.0 Å². The SMILES string of the molecule is CC1=C(c2ccc(N)cn2)C=C(F)CC1. The van der Waals surface area contributed by atoms with E-state index in [-0.39, 0.29) is 5.83 Å². The molecule has 0 aromatic carbocycles. The van der Waals surface area contributed by atoms with Gasteiger partial charge in [-0.25, -0.2) is 4.39 Å². The van der Waals surface area contributed by atoms with Crippen molar-refractivity contribution in [3.05, 3.63) is 41.5 Å². The first-order valence-electron chi connectivity index (χ1n) is 4.94. The van der Waals surface area contributed by atoms with Crippen LogP contribution in [0.4, 0.5) is 10.1 Å². The highest BCUT2D eigenvalue weighted by molar-refractivity contribution is 5.76. The average molecular weight is 204 g/mol. The van der Waals surface area contributed by atoms with Crippen LogP contribution in [0.25, 0.3) is 5.57 Å². The molecule has 2 nitrogen and oxygen atoms in total. The Morgan fingerprint density at radius 1 is 1.33 bits per heavy atom. The Morgan fingerprint density at radius 3 is 2.80 bits per heavy atom. The highest BCUT2D eigenvalue weighted by Gasteiger charge is 2.12. The van der Waals surface area contributed by atoms with Gasteiger partial charge >= 0.3 is 0 Å². The largest absolute Gasteiger partial charge is 0.397 e. The molecule has 3 heteroatoms. The molecule has 0 atom stereocenters. The molecular weight excluding hydrogens is 191 g/mol. The first-order valence-corrected chi connectivity index (χ1v) is 4.94. The van der Waals surface area contributed by atoms with Crippen LogP contribution in [-0.4, -0.2) is 4.98 Å². The molecule has 0 fully saturated rings. The fraction of sp³-hybridized carbons (Fsp3) is 0.250. The predicted molar refractivity (Wildman–Crippen MR) is 59.7 cm³/mol. The van der Waals surface area contributed by atoms with Crippen LogP contribution in [0.15, 0.2) is 35.8 Å². The number of hydrogen-bond acceptors (Lipinski definition) is 2. The summed E-state index contributed by atoms with van der Waals surface area (Å²) in [6, 6.07) is 3.60. The number of aromatic nitrogens is 1. The minimum Gasteiger partial charge on any atom is -0.397 e. The highest BCUT2D eigenvalue weighted by atomic mass is 19.1. The normalized spacial score (nSPS) is 16.5. The summed E-state index contributed by atoms with van der Waals surface area (Å²) < 4.78 is 13.1. The zero-order valence-corrected chi connectivity index (χ0v) is 8.63. The predicted octanol–water partition coefficient (Wildman–Crippen LogP) is 3.08. The van der Waals surface area contributed by atoms with Crippen molar-refractivity contribution in [2.24, 2.45) is 0 Å². The Balaban J connectivity index is 2.42. The van der Waals surface area contributed by atoms with Gasteiger partial charge in [-0.05, 0) is 31.6 Å². The van der Waals surface area contributed by atoms with Crippen molar-refractivity contribution in [3.63, 3.8) is 0 Å². The lowest BCUT2D eigenvalue weighted by atomic mass is 9.95. The van der Waals surface area contributed by atoms with Crippen molar-refractivity contribution in [1.82, 2.24) is 4.98 Å². The number of hydrogen-bond donors (Lipinski definition) is 1. The van der Waals surface area contributed by atoms with E-state index in [4.69, 9.17) is 5.73 Å². The smallest absolute Gasteiger partial charge is 0.101 e. The third kappa shape index (κ3) is 2.06. The summed E-state index contributed by atoms with van der Waals surface area (Å²) in [6.07, 6.45) is 4.43. The number of halogens is 1. The lowest BCUT2D eigenvalue weighted by Gasteiger charge is -2.13. The second kappa shape index (κ2) is 3.85. The van der Waals surface area contributed by atoms with Gasteiger partial charge in [-0.2, -0.15) is 0 Å². The van der Waals surface area contributed by atoms with Crippen molar-refractivity contribution in [3.8, 4) is 0 Å². The number of nitrogens with two attached hydrogens (primary N) is 1. The van der Waals surface area contributed by atoms with E-state index in [0.717, 1.165) is 17.7 Å². The molecule has 2 N–H and O–H groups in total. The van der Waals surface area contributed by atoms with Crippen LogP contribution in [0.3, 0.4) is 0 Å². The van der Waals surface area contributed by atoms with E-state index in [0.29, 0.717) is 12.1 Å². The first kappa shape index (κ1) is 9.90. The van der Waals surface area contributed by atoms with E-state index < -0.39 is 0 Å². The Hall–Kier alpha value is -1.64. The van der Waals surface area contributed by atoms with Crippen LogP contribution in [0.5, 0.6) is 0 Å². The molecule has 0 amide bonds. The molecule has 0 saturated heterocycles. The fourth-order valence-electron chi connectivity index (χ4n) is 1.65. The van der Waals surface area contributed by atoms with Crippen molar-refractivity contribution >= 4 is 11.3 Å². The van der Waals surface area contributed by atoms with Crippen molar-refractivity contribution < 1.29 is 4.39 Å². The maximum absolute atomic E-state index is 13.1. The lowest BCUT2D eigenvalue weighted by molar-refractivity contribution is 0.583. The van der Waals surface area contributed by atoms with Gasteiger partial charge in [0.05, 0.1) is 17.6 Å². The molecular formula is C12H13FN2. The molecule has 1 heterocycles. The Morgan fingerprint density at radius 2 is 2.13 bits per heavy atom. The van der Waals surface area contributed by atoms with E-state index in [1.54, 1.807) is 18.3 Å². The van der Waals surface area contributed by atoms with Crippen LogP contribution in [0, 0.1) is 0 Å². The molecule has 1 aliphatic carbocycles. The van der Waals surface area contributed by atoms with Gasteiger partial charge in [0.2, 0.25) is 0 Å². The van der Waals surface area contributed by atoms with E-state index in [1.165, 1.54) is 5.57 Å². The molecule has 15 heavy (non-hydrogen) atoms. The zero-order valence-electron chi connectivity index (χ0n) is 8.63. The first-order chi connectivity index (χ1) is 7.16. The summed E-state index contributed by atoms with van der Waals surface area (Å²) in [4.78, 5) is 4.19. The zero-order chi connectivity index (χ0) is 10.8. The molecule has 0 aliphatic heterocycles. The summed E-state index contributed by atoms with van der Waals surface area (Å²) in [5.74, 6) is -0.0748. The van der Waals surface area contributed by atoms with Crippen molar-refractivity contribution in [1.29, 1.82) is 0 Å². The maximum atomic E-state index is 13.1. The Kier molecular flexibility index (Phi) is 2.54. The van der Waals surface area contributed by atoms with Gasteiger partial charge in [0.15, 0.2) is 0 Å². The Bertz CT molecular complexity index is 429. The van der Waals surface area contributed by atoms with Gasteiger partial charge in [-0.15, -0.1) is 0 Å². The number of allylic oxidation sites excluding steroid dienone is 4. The summed E-state index contributed by atoms with van der Waals surface area (Å²) in [5, 5.41) is 0. The molecule has 78 valence electrons. The number of nitrogen functional groups attached to an aromatic ring is 1. The number of pyridine rings is 1. The minimum atomic E-state index is -0.0748. The number of rotatable bonds is 1.